The zero-order chi connectivity index (χ0) is 30.6. The van der Waals surface area contributed by atoms with Gasteiger partial charge in [0.25, 0.3) is 5.56 Å². The predicted octanol–water partition coefficient (Wildman–Crippen LogP) is 4.98. The lowest BCUT2D eigenvalue weighted by Gasteiger charge is -2.28. The van der Waals surface area contributed by atoms with Gasteiger partial charge in [-0.3, -0.25) is 10.2 Å². The van der Waals surface area contributed by atoms with Gasteiger partial charge < -0.3 is 29.9 Å². The molecule has 0 aliphatic rings. The summed E-state index contributed by atoms with van der Waals surface area (Å²) in [5.41, 5.74) is -0.645. The monoisotopic (exact) mass is 605 g/mol. The van der Waals surface area contributed by atoms with Gasteiger partial charge in [0, 0.05) is 38.6 Å². The maximum atomic E-state index is 14.7. The fourth-order valence-corrected chi connectivity index (χ4v) is 4.35. The number of methoxy groups -OCH3 is 1. The lowest BCUT2D eigenvalue weighted by molar-refractivity contribution is -0.129. The Kier molecular flexibility index (Phi) is 9.95. The van der Waals surface area contributed by atoms with Gasteiger partial charge in [-0.1, -0.05) is 43.1 Å². The molecule has 1 atom stereocenters. The average molecular weight is 606 g/mol. The molecule has 0 fully saturated rings. The van der Waals surface area contributed by atoms with Crippen LogP contribution in [0, 0.1) is 17.1 Å². The first-order valence-electron chi connectivity index (χ1n) is 12.2. The Morgan fingerprint density at radius 3 is 2.46 bits per heavy atom. The number of aliphatic carboxylic acids is 1. The van der Waals surface area contributed by atoms with E-state index in [-0.39, 0.29) is 44.1 Å². The largest absolute Gasteiger partial charge is 0.479 e. The van der Waals surface area contributed by atoms with Crippen LogP contribution in [0.15, 0.2) is 52.7 Å². The number of halogens is 3. The van der Waals surface area contributed by atoms with E-state index in [1.54, 1.807) is 32.8 Å². The first-order chi connectivity index (χ1) is 19.2. The van der Waals surface area contributed by atoms with Crippen LogP contribution >= 0.6 is 23.2 Å². The number of anilines is 3. The van der Waals surface area contributed by atoms with Crippen molar-refractivity contribution < 1.29 is 19.0 Å². The van der Waals surface area contributed by atoms with Crippen molar-refractivity contribution in [2.75, 3.05) is 36.7 Å². The summed E-state index contributed by atoms with van der Waals surface area (Å²) in [6.45, 7) is 3.55. The van der Waals surface area contributed by atoms with Gasteiger partial charge in [-0.2, -0.15) is 4.98 Å². The third-order valence-electron chi connectivity index (χ3n) is 5.97. The molecule has 1 aromatic carbocycles. The van der Waals surface area contributed by atoms with E-state index < -0.39 is 35.0 Å². The van der Waals surface area contributed by atoms with Crippen LogP contribution in [0.5, 0.6) is 5.88 Å². The molecule has 0 amide bonds. The van der Waals surface area contributed by atoms with Crippen molar-refractivity contribution in [2.24, 2.45) is 13.0 Å². The minimum absolute atomic E-state index is 0.00426. The molecule has 2 heterocycles. The van der Waals surface area contributed by atoms with E-state index in [0.717, 1.165) is 6.07 Å². The van der Waals surface area contributed by atoms with E-state index >= 15 is 0 Å². The minimum Gasteiger partial charge on any atom is -0.479 e. The van der Waals surface area contributed by atoms with Crippen molar-refractivity contribution in [2.45, 2.75) is 19.9 Å². The quantitative estimate of drug-likeness (QED) is 0.222. The molecule has 0 aliphatic heterocycles. The van der Waals surface area contributed by atoms with Gasteiger partial charge in [-0.05, 0) is 29.7 Å². The fraction of sp³-hybridized carbons (Fsp3) is 0.296. The Labute approximate surface area is 246 Å². The second-order valence-corrected chi connectivity index (χ2v) is 10.4. The highest BCUT2D eigenvalue weighted by Crippen LogP contribution is 2.35. The summed E-state index contributed by atoms with van der Waals surface area (Å²) in [6.07, 6.45) is 2.87. The van der Waals surface area contributed by atoms with Crippen molar-refractivity contribution in [3.63, 3.8) is 0 Å². The number of benzene rings is 1. The second-order valence-electron chi connectivity index (χ2n) is 9.51. The maximum absolute atomic E-state index is 14.7. The number of nitrogens with one attached hydrogen (secondary N) is 3. The van der Waals surface area contributed by atoms with Crippen molar-refractivity contribution in [1.82, 2.24) is 14.5 Å². The Bertz CT molecular complexity index is 1570. The van der Waals surface area contributed by atoms with Crippen LogP contribution in [0.25, 0.3) is 0 Å². The Morgan fingerprint density at radius 2 is 1.90 bits per heavy atom. The van der Waals surface area contributed by atoms with Gasteiger partial charge in [-0.25, -0.2) is 14.2 Å². The van der Waals surface area contributed by atoms with E-state index in [4.69, 9.17) is 33.3 Å². The summed E-state index contributed by atoms with van der Waals surface area (Å²) >= 11 is 12.1. The van der Waals surface area contributed by atoms with Gasteiger partial charge in [0.05, 0.1) is 29.4 Å². The number of aromatic nitrogens is 3. The molecule has 41 heavy (non-hydrogen) atoms. The number of aryl methyl sites for hydroxylation is 1. The molecular weight excluding hydrogens is 576 g/mol. The van der Waals surface area contributed by atoms with Gasteiger partial charge >= 0.3 is 5.97 Å². The van der Waals surface area contributed by atoms with Crippen LogP contribution in [0.3, 0.4) is 0 Å². The van der Waals surface area contributed by atoms with Gasteiger partial charge in [0.15, 0.2) is 0 Å². The van der Waals surface area contributed by atoms with Crippen molar-refractivity contribution >= 4 is 52.2 Å². The number of hydrogen-bond acceptors (Lipinski definition) is 9. The van der Waals surface area contributed by atoms with Crippen LogP contribution in [0.2, 0.25) is 10.0 Å². The third-order valence-corrected chi connectivity index (χ3v) is 6.48. The molecule has 14 heteroatoms. The summed E-state index contributed by atoms with van der Waals surface area (Å²) in [5.74, 6) is -2.22. The molecule has 11 nitrogen and oxygen atoms in total. The zero-order valence-electron chi connectivity index (χ0n) is 23.2. The maximum Gasteiger partial charge on any atom is 0.354 e. The number of nitrogens with zero attached hydrogens (tertiary/aromatic N) is 4. The highest BCUT2D eigenvalue weighted by Gasteiger charge is 2.31. The molecule has 1 unspecified atom stereocenters. The Balaban J connectivity index is 2.36. The van der Waals surface area contributed by atoms with Crippen LogP contribution in [-0.2, 0) is 11.8 Å². The van der Waals surface area contributed by atoms with Gasteiger partial charge in [0.2, 0.25) is 11.8 Å². The van der Waals surface area contributed by atoms with Crippen LogP contribution < -0.4 is 25.8 Å². The molecule has 0 saturated carbocycles. The first-order valence-corrected chi connectivity index (χ1v) is 13.0. The highest BCUT2D eigenvalue weighted by atomic mass is 35.5. The number of hydrogen-bond donors (Lipinski definition) is 4. The van der Waals surface area contributed by atoms with E-state index in [9.17, 15) is 19.1 Å². The van der Waals surface area contributed by atoms with Gasteiger partial charge in [-0.15, -0.1) is 0 Å². The predicted molar refractivity (Wildman–Crippen MR) is 158 cm³/mol. The van der Waals surface area contributed by atoms with Crippen molar-refractivity contribution in [3.8, 4) is 5.88 Å². The summed E-state index contributed by atoms with van der Waals surface area (Å²) in [5, 5.41) is 24.8. The molecular formula is C27H30Cl2FN7O4. The molecule has 3 aromatic rings. The molecule has 0 radical (unpaired) electrons. The SMILES string of the molecule is COc1nc(N(C)C)ncc1N/C(=C(\C(=N)C(=O)O)C(Nc1cc(Cl)cn(C)c1=O)c1ccc(Cl)c(F)c1)C(C)C. The number of rotatable bonds is 11. The van der Waals surface area contributed by atoms with E-state index in [2.05, 4.69) is 20.6 Å². The average Bonchev–Trinajstić information content (AvgIpc) is 2.91. The van der Waals surface area contributed by atoms with E-state index in [1.165, 1.54) is 49.3 Å². The molecule has 2 aromatic heterocycles. The lowest BCUT2D eigenvalue weighted by Crippen LogP contribution is -2.31. The molecule has 3 rings (SSSR count). The number of pyridine rings is 1. The Morgan fingerprint density at radius 1 is 1.22 bits per heavy atom. The van der Waals surface area contributed by atoms with E-state index in [0.29, 0.717) is 5.95 Å². The summed E-state index contributed by atoms with van der Waals surface area (Å²) in [6, 6.07) is 4.02. The number of carbonyl (C=O) groups is 1. The van der Waals surface area contributed by atoms with Crippen molar-refractivity contribution in [1.29, 1.82) is 5.41 Å². The van der Waals surface area contributed by atoms with Crippen LogP contribution in [0.4, 0.5) is 21.7 Å². The highest BCUT2D eigenvalue weighted by molar-refractivity contribution is 6.41. The normalized spacial score (nSPS) is 12.4. The lowest BCUT2D eigenvalue weighted by atomic mass is 9.89. The minimum atomic E-state index is -1.55. The molecule has 0 saturated heterocycles. The smallest absolute Gasteiger partial charge is 0.354 e. The first kappa shape index (κ1) is 31.4. The molecule has 218 valence electrons. The fourth-order valence-electron chi connectivity index (χ4n) is 3.98. The van der Waals surface area contributed by atoms with Crippen LogP contribution in [-0.4, -0.2) is 52.5 Å². The van der Waals surface area contributed by atoms with E-state index in [1.807, 2.05) is 0 Å². The molecule has 0 spiro atoms. The molecule has 0 bridgehead atoms. The zero-order valence-corrected chi connectivity index (χ0v) is 24.7. The molecule has 4 N–H and O–H groups in total. The summed E-state index contributed by atoms with van der Waals surface area (Å²) in [4.78, 5) is 35.6. The standard InChI is InChI=1S/C27H30Cl2FN7O4/c1-13(2)22(34-19-11-32-27(36(3)4)35-24(19)41-6)20(21(31)26(39)40)23(14-7-8-16(29)17(30)9-14)33-18-10-15(28)12-37(5)25(18)38/h7-13,23,31,33-34H,1-6H3,(H,39,40)/b22-20+,31-21?. The topological polar surface area (TPSA) is 145 Å². The summed E-state index contributed by atoms with van der Waals surface area (Å²) in [7, 11) is 6.43. The van der Waals surface area contributed by atoms with Crippen LogP contribution in [0.1, 0.15) is 25.5 Å². The number of ether oxygens (including phenoxy) is 1. The molecule has 0 aliphatic carbocycles. The number of carboxylic acids is 1. The Hall–Kier alpha value is -4.16. The summed E-state index contributed by atoms with van der Waals surface area (Å²) < 4.78 is 21.4. The number of carboxylic acid groups (broad SMARTS) is 1. The number of allylic oxidation sites excluding steroid dienone is 1. The second kappa shape index (κ2) is 13.0. The van der Waals surface area contributed by atoms with Crippen molar-refractivity contribution in [3.05, 3.63) is 79.7 Å². The third kappa shape index (κ3) is 7.14. The van der Waals surface area contributed by atoms with Gasteiger partial charge in [0.1, 0.15) is 22.9 Å².